The Hall–Kier alpha value is -1.53. The summed E-state index contributed by atoms with van der Waals surface area (Å²) in [5, 5.41) is 2.68. The first-order valence-corrected chi connectivity index (χ1v) is 7.83. The van der Waals surface area contributed by atoms with E-state index in [0.29, 0.717) is 6.42 Å². The zero-order valence-electron chi connectivity index (χ0n) is 13.8. The maximum atomic E-state index is 11.5. The Bertz CT molecular complexity index is 509. The highest BCUT2D eigenvalue weighted by atomic mass is 16.5. The van der Waals surface area contributed by atoms with Crippen LogP contribution < -0.4 is 5.32 Å². The number of hydrogen-bond donors (Lipinski definition) is 1. The maximum absolute atomic E-state index is 11.5. The summed E-state index contributed by atoms with van der Waals surface area (Å²) in [4.78, 5) is 22.5. The quantitative estimate of drug-likeness (QED) is 0.858. The van der Waals surface area contributed by atoms with Gasteiger partial charge in [0.05, 0.1) is 11.3 Å². The molecule has 1 amide bonds. The summed E-state index contributed by atoms with van der Waals surface area (Å²) < 4.78 is 5.81. The van der Waals surface area contributed by atoms with Crippen LogP contribution in [0.1, 0.15) is 37.2 Å². The van der Waals surface area contributed by atoms with E-state index in [1.54, 1.807) is 20.4 Å². The van der Waals surface area contributed by atoms with Crippen molar-refractivity contribution in [2.75, 3.05) is 27.2 Å². The lowest BCUT2D eigenvalue weighted by Gasteiger charge is -2.42. The van der Waals surface area contributed by atoms with Crippen molar-refractivity contribution >= 4 is 5.91 Å². The van der Waals surface area contributed by atoms with E-state index in [1.165, 1.54) is 0 Å². The fraction of sp³-hybridized carbons (Fsp3) is 0.688. The normalized spacial score (nSPS) is 22.5. The fourth-order valence-corrected chi connectivity index (χ4v) is 3.09. The minimum absolute atomic E-state index is 0.0694. The van der Waals surface area contributed by atoms with E-state index < -0.39 is 0 Å². The predicted molar refractivity (Wildman–Crippen MR) is 84.3 cm³/mol. The molecule has 0 saturated carbocycles. The Balaban J connectivity index is 1.98. The van der Waals surface area contributed by atoms with Crippen molar-refractivity contribution in [1.82, 2.24) is 20.2 Å². The van der Waals surface area contributed by atoms with E-state index in [-0.39, 0.29) is 11.5 Å². The minimum Gasteiger partial charge on any atom is -0.377 e. The zero-order valence-corrected chi connectivity index (χ0v) is 13.8. The van der Waals surface area contributed by atoms with Crippen LogP contribution in [0, 0.1) is 6.92 Å². The van der Waals surface area contributed by atoms with Crippen LogP contribution in [0.4, 0.5) is 0 Å². The number of hydrogen-bond acceptors (Lipinski definition) is 5. The van der Waals surface area contributed by atoms with Gasteiger partial charge in [0, 0.05) is 39.9 Å². The molecule has 22 heavy (non-hydrogen) atoms. The van der Waals surface area contributed by atoms with Crippen LogP contribution in [0.3, 0.4) is 0 Å². The van der Waals surface area contributed by atoms with E-state index in [9.17, 15) is 4.79 Å². The molecule has 1 aliphatic heterocycles. The SMILES string of the molecule is CNC(=O)CCC1(OC)CCCN(Cc2ccnc(C)n2)C1. The van der Waals surface area contributed by atoms with Gasteiger partial charge >= 0.3 is 0 Å². The number of aromatic nitrogens is 2. The lowest BCUT2D eigenvalue weighted by molar-refractivity contribution is -0.124. The summed E-state index contributed by atoms with van der Waals surface area (Å²) >= 11 is 0. The zero-order chi connectivity index (χ0) is 16.0. The summed E-state index contributed by atoms with van der Waals surface area (Å²) in [5.41, 5.74) is 0.804. The third kappa shape index (κ3) is 4.48. The van der Waals surface area contributed by atoms with Gasteiger partial charge in [0.15, 0.2) is 0 Å². The molecule has 1 unspecified atom stereocenters. The molecule has 1 fully saturated rings. The van der Waals surface area contributed by atoms with Crippen molar-refractivity contribution in [2.24, 2.45) is 0 Å². The fourth-order valence-electron chi connectivity index (χ4n) is 3.09. The van der Waals surface area contributed by atoms with E-state index in [2.05, 4.69) is 20.2 Å². The molecule has 6 nitrogen and oxygen atoms in total. The number of methoxy groups -OCH3 is 1. The molecule has 1 saturated heterocycles. The molecule has 0 radical (unpaired) electrons. The second-order valence-corrected chi connectivity index (χ2v) is 5.97. The van der Waals surface area contributed by atoms with Gasteiger partial charge in [-0.05, 0) is 38.8 Å². The van der Waals surface area contributed by atoms with E-state index in [0.717, 1.165) is 50.4 Å². The average Bonchev–Trinajstić information content (AvgIpc) is 2.53. The topological polar surface area (TPSA) is 67.3 Å². The molecular weight excluding hydrogens is 280 g/mol. The van der Waals surface area contributed by atoms with Crippen LogP contribution in [-0.2, 0) is 16.1 Å². The van der Waals surface area contributed by atoms with Gasteiger partial charge in [-0.15, -0.1) is 0 Å². The van der Waals surface area contributed by atoms with Gasteiger partial charge in [0.25, 0.3) is 0 Å². The Morgan fingerprint density at radius 2 is 2.36 bits per heavy atom. The summed E-state index contributed by atoms with van der Waals surface area (Å²) in [6.07, 6.45) is 5.13. The first-order valence-electron chi connectivity index (χ1n) is 7.83. The van der Waals surface area contributed by atoms with Gasteiger partial charge in [0.1, 0.15) is 5.82 Å². The van der Waals surface area contributed by atoms with Gasteiger partial charge in [-0.2, -0.15) is 0 Å². The summed E-state index contributed by atoms with van der Waals surface area (Å²) in [5.74, 6) is 0.868. The maximum Gasteiger partial charge on any atom is 0.219 e. The number of aryl methyl sites for hydroxylation is 1. The average molecular weight is 306 g/mol. The molecule has 0 spiro atoms. The van der Waals surface area contributed by atoms with Crippen LogP contribution >= 0.6 is 0 Å². The molecule has 1 atom stereocenters. The largest absolute Gasteiger partial charge is 0.377 e. The molecule has 0 aromatic carbocycles. The molecular formula is C16H26N4O2. The molecule has 1 N–H and O–H groups in total. The number of ether oxygens (including phenoxy) is 1. The summed E-state index contributed by atoms with van der Waals surface area (Å²) in [7, 11) is 3.43. The second kappa shape index (κ2) is 7.65. The van der Waals surface area contributed by atoms with Crippen LogP contribution in [0.5, 0.6) is 0 Å². The van der Waals surface area contributed by atoms with Gasteiger partial charge in [-0.1, -0.05) is 0 Å². The predicted octanol–water partition coefficient (Wildman–Crippen LogP) is 1.29. The lowest BCUT2D eigenvalue weighted by Crippen LogP contribution is -2.49. The van der Waals surface area contributed by atoms with Gasteiger partial charge < -0.3 is 10.1 Å². The molecule has 2 heterocycles. The van der Waals surface area contributed by atoms with Crippen molar-refractivity contribution in [1.29, 1.82) is 0 Å². The number of likely N-dealkylation sites (tertiary alicyclic amines) is 1. The molecule has 0 bridgehead atoms. The molecule has 2 rings (SSSR count). The highest BCUT2D eigenvalue weighted by Gasteiger charge is 2.35. The number of nitrogens with zero attached hydrogens (tertiary/aromatic N) is 3. The van der Waals surface area contributed by atoms with Crippen molar-refractivity contribution in [3.63, 3.8) is 0 Å². The molecule has 1 aliphatic rings. The summed E-state index contributed by atoms with van der Waals surface area (Å²) in [6.45, 7) is 4.58. The molecule has 6 heteroatoms. The standard InChI is InChI=1S/C16H26N4O2/c1-13-18-9-6-14(19-13)11-20-10-4-7-16(12-20,22-3)8-5-15(21)17-2/h6,9H,4-5,7-8,10-12H2,1-3H3,(H,17,21). The van der Waals surface area contributed by atoms with Gasteiger partial charge in [0.2, 0.25) is 5.91 Å². The number of carbonyl (C=O) groups is 1. The lowest BCUT2D eigenvalue weighted by atomic mass is 9.87. The van der Waals surface area contributed by atoms with Crippen molar-refractivity contribution in [3.8, 4) is 0 Å². The summed E-state index contributed by atoms with van der Waals surface area (Å²) in [6, 6.07) is 1.96. The second-order valence-electron chi connectivity index (χ2n) is 5.97. The van der Waals surface area contributed by atoms with Crippen molar-refractivity contribution in [2.45, 2.75) is 44.8 Å². The van der Waals surface area contributed by atoms with Crippen LogP contribution in [0.15, 0.2) is 12.3 Å². The number of amides is 1. The molecule has 1 aromatic heterocycles. The molecule has 122 valence electrons. The Labute approximate surface area is 132 Å². The van der Waals surface area contributed by atoms with Crippen LogP contribution in [-0.4, -0.2) is 53.6 Å². The minimum atomic E-state index is -0.229. The van der Waals surface area contributed by atoms with Crippen LogP contribution in [0.25, 0.3) is 0 Å². The van der Waals surface area contributed by atoms with Gasteiger partial charge in [-0.3, -0.25) is 9.69 Å². The first kappa shape index (κ1) is 16.8. The van der Waals surface area contributed by atoms with E-state index >= 15 is 0 Å². The van der Waals surface area contributed by atoms with Gasteiger partial charge in [-0.25, -0.2) is 9.97 Å². The third-order valence-electron chi connectivity index (χ3n) is 4.36. The highest BCUT2D eigenvalue weighted by molar-refractivity contribution is 5.75. The number of carbonyl (C=O) groups excluding carboxylic acids is 1. The Morgan fingerprint density at radius 1 is 1.55 bits per heavy atom. The first-order chi connectivity index (χ1) is 10.6. The van der Waals surface area contributed by atoms with E-state index in [1.807, 2.05) is 13.0 Å². The number of nitrogens with one attached hydrogen (secondary N) is 1. The van der Waals surface area contributed by atoms with Crippen LogP contribution in [0.2, 0.25) is 0 Å². The van der Waals surface area contributed by atoms with Crippen molar-refractivity contribution < 1.29 is 9.53 Å². The number of piperidine rings is 1. The Morgan fingerprint density at radius 3 is 3.05 bits per heavy atom. The van der Waals surface area contributed by atoms with E-state index in [4.69, 9.17) is 4.74 Å². The molecule has 0 aliphatic carbocycles. The molecule has 1 aromatic rings. The third-order valence-corrected chi connectivity index (χ3v) is 4.36. The Kier molecular flexibility index (Phi) is 5.85. The smallest absolute Gasteiger partial charge is 0.219 e. The number of rotatable bonds is 6. The van der Waals surface area contributed by atoms with Crippen molar-refractivity contribution in [3.05, 3.63) is 23.8 Å². The monoisotopic (exact) mass is 306 g/mol. The highest BCUT2D eigenvalue weighted by Crippen LogP contribution is 2.29.